The molecule has 20 heavy (non-hydrogen) atoms. The Balaban J connectivity index is 2.36. The zero-order valence-electron chi connectivity index (χ0n) is 13.4. The van der Waals surface area contributed by atoms with Gasteiger partial charge in [0.1, 0.15) is 0 Å². The van der Waals surface area contributed by atoms with Crippen LogP contribution < -0.4 is 5.32 Å². The Morgan fingerprint density at radius 2 is 2.10 bits per heavy atom. The molecule has 0 aliphatic carbocycles. The normalized spacial score (nSPS) is 19.3. The average Bonchev–Trinajstić information content (AvgIpc) is 2.43. The summed E-state index contributed by atoms with van der Waals surface area (Å²) in [5, 5.41) is 3.38. The fourth-order valence-electron chi connectivity index (χ4n) is 2.61. The van der Waals surface area contributed by atoms with Gasteiger partial charge in [-0.2, -0.15) is 0 Å². The second kappa shape index (κ2) is 10.1. The third-order valence-electron chi connectivity index (χ3n) is 3.81. The van der Waals surface area contributed by atoms with Crippen LogP contribution >= 0.6 is 0 Å². The Hall–Kier alpha value is -0.650. The van der Waals surface area contributed by atoms with Gasteiger partial charge in [0.05, 0.1) is 6.61 Å². The highest BCUT2D eigenvalue weighted by Crippen LogP contribution is 2.15. The van der Waals surface area contributed by atoms with Crippen molar-refractivity contribution in [2.45, 2.75) is 25.7 Å². The number of carbonyl (C=O) groups excluding carboxylic acids is 1. The van der Waals surface area contributed by atoms with E-state index in [1.165, 1.54) is 12.8 Å². The van der Waals surface area contributed by atoms with E-state index in [2.05, 4.69) is 24.3 Å². The number of ether oxygens (including phenoxy) is 1. The van der Waals surface area contributed by atoms with E-state index in [1.807, 2.05) is 4.90 Å². The lowest BCUT2D eigenvalue weighted by Gasteiger charge is -2.27. The van der Waals surface area contributed by atoms with Gasteiger partial charge < -0.3 is 19.9 Å². The Labute approximate surface area is 123 Å². The minimum Gasteiger partial charge on any atom is -0.383 e. The Bertz CT molecular complexity index is 266. The van der Waals surface area contributed by atoms with Crippen molar-refractivity contribution in [1.82, 2.24) is 15.1 Å². The lowest BCUT2D eigenvalue weighted by atomic mass is 9.95. The van der Waals surface area contributed by atoms with Gasteiger partial charge in [-0.3, -0.25) is 4.79 Å². The van der Waals surface area contributed by atoms with E-state index in [1.54, 1.807) is 7.11 Å². The molecular formula is C15H31N3O2. The van der Waals surface area contributed by atoms with Crippen LogP contribution in [0.4, 0.5) is 0 Å². The SMILES string of the molecule is COCCN(CCCN(C)C)C(=O)CC1CCCNC1. The van der Waals surface area contributed by atoms with Crippen molar-refractivity contribution in [3.05, 3.63) is 0 Å². The molecule has 5 heteroatoms. The number of amides is 1. The first-order valence-corrected chi connectivity index (χ1v) is 7.75. The molecule has 0 aromatic rings. The summed E-state index contributed by atoms with van der Waals surface area (Å²) in [6, 6.07) is 0. The van der Waals surface area contributed by atoms with E-state index in [0.29, 0.717) is 25.5 Å². The zero-order valence-corrected chi connectivity index (χ0v) is 13.4. The molecule has 5 nitrogen and oxygen atoms in total. The van der Waals surface area contributed by atoms with Crippen LogP contribution in [0.5, 0.6) is 0 Å². The van der Waals surface area contributed by atoms with Crippen LogP contribution in [0.25, 0.3) is 0 Å². The molecule has 1 amide bonds. The predicted octanol–water partition coefficient (Wildman–Crippen LogP) is 0.803. The molecule has 1 aliphatic rings. The molecule has 118 valence electrons. The van der Waals surface area contributed by atoms with Gasteiger partial charge in [0.2, 0.25) is 5.91 Å². The van der Waals surface area contributed by atoms with Gasteiger partial charge in [-0.1, -0.05) is 0 Å². The molecule has 0 aromatic carbocycles. The highest BCUT2D eigenvalue weighted by Gasteiger charge is 2.20. The second-order valence-electron chi connectivity index (χ2n) is 5.95. The maximum Gasteiger partial charge on any atom is 0.222 e. The quantitative estimate of drug-likeness (QED) is 0.681. The Morgan fingerprint density at radius 3 is 2.70 bits per heavy atom. The van der Waals surface area contributed by atoms with Gasteiger partial charge in [-0.05, 0) is 58.9 Å². The summed E-state index contributed by atoms with van der Waals surface area (Å²) in [7, 11) is 5.82. The Morgan fingerprint density at radius 1 is 1.30 bits per heavy atom. The highest BCUT2D eigenvalue weighted by molar-refractivity contribution is 5.76. The van der Waals surface area contributed by atoms with Gasteiger partial charge in [-0.25, -0.2) is 0 Å². The molecule has 1 N–H and O–H groups in total. The number of hydrogen-bond donors (Lipinski definition) is 1. The number of rotatable bonds is 9. The van der Waals surface area contributed by atoms with Crippen LogP contribution in [0.2, 0.25) is 0 Å². The summed E-state index contributed by atoms with van der Waals surface area (Å²) in [4.78, 5) is 16.6. The molecule has 0 bridgehead atoms. The number of nitrogens with zero attached hydrogens (tertiary/aromatic N) is 2. The molecule has 0 radical (unpaired) electrons. The largest absolute Gasteiger partial charge is 0.383 e. The van der Waals surface area contributed by atoms with Gasteiger partial charge >= 0.3 is 0 Å². The molecule has 0 spiro atoms. The standard InChI is InChI=1S/C15H31N3O2/c1-17(2)8-5-9-18(10-11-20-3)15(19)12-14-6-4-7-16-13-14/h14,16H,4-13H2,1-3H3. The summed E-state index contributed by atoms with van der Waals surface area (Å²) in [5.74, 6) is 0.796. The molecule has 0 saturated carbocycles. The van der Waals surface area contributed by atoms with Crippen molar-refractivity contribution in [3.63, 3.8) is 0 Å². The second-order valence-corrected chi connectivity index (χ2v) is 5.95. The van der Waals surface area contributed by atoms with Crippen molar-refractivity contribution in [3.8, 4) is 0 Å². The number of hydrogen-bond acceptors (Lipinski definition) is 4. The molecule has 1 rings (SSSR count). The zero-order chi connectivity index (χ0) is 14.8. The number of methoxy groups -OCH3 is 1. The van der Waals surface area contributed by atoms with E-state index in [4.69, 9.17) is 4.74 Å². The fourth-order valence-corrected chi connectivity index (χ4v) is 2.61. The van der Waals surface area contributed by atoms with E-state index in [0.717, 1.165) is 32.6 Å². The first kappa shape index (κ1) is 17.4. The summed E-state index contributed by atoms with van der Waals surface area (Å²) < 4.78 is 5.12. The number of carbonyl (C=O) groups is 1. The summed E-state index contributed by atoms with van der Waals surface area (Å²) in [6.45, 7) is 5.27. The van der Waals surface area contributed by atoms with Crippen molar-refractivity contribution in [2.75, 3.05) is 60.5 Å². The van der Waals surface area contributed by atoms with E-state index < -0.39 is 0 Å². The van der Waals surface area contributed by atoms with Crippen LogP contribution in [0, 0.1) is 5.92 Å². The summed E-state index contributed by atoms with van der Waals surface area (Å²) in [5.41, 5.74) is 0. The molecular weight excluding hydrogens is 254 g/mol. The van der Waals surface area contributed by atoms with Crippen molar-refractivity contribution in [2.24, 2.45) is 5.92 Å². The predicted molar refractivity (Wildman–Crippen MR) is 81.8 cm³/mol. The van der Waals surface area contributed by atoms with Crippen LogP contribution in [0.3, 0.4) is 0 Å². The molecule has 1 atom stereocenters. The molecule has 1 heterocycles. The maximum absolute atomic E-state index is 12.4. The minimum atomic E-state index is 0.287. The third kappa shape index (κ3) is 7.22. The van der Waals surface area contributed by atoms with E-state index in [9.17, 15) is 4.79 Å². The first-order valence-electron chi connectivity index (χ1n) is 7.75. The molecule has 0 aromatic heterocycles. The fraction of sp³-hybridized carbons (Fsp3) is 0.933. The number of piperidine rings is 1. The molecule has 1 aliphatic heterocycles. The highest BCUT2D eigenvalue weighted by atomic mass is 16.5. The smallest absolute Gasteiger partial charge is 0.222 e. The van der Waals surface area contributed by atoms with Crippen LogP contribution in [-0.2, 0) is 9.53 Å². The minimum absolute atomic E-state index is 0.287. The van der Waals surface area contributed by atoms with Gasteiger partial charge in [0.25, 0.3) is 0 Å². The first-order chi connectivity index (χ1) is 9.63. The van der Waals surface area contributed by atoms with Gasteiger partial charge in [0, 0.05) is 26.6 Å². The monoisotopic (exact) mass is 285 g/mol. The molecule has 1 fully saturated rings. The lowest BCUT2D eigenvalue weighted by molar-refractivity contribution is -0.133. The average molecular weight is 285 g/mol. The van der Waals surface area contributed by atoms with E-state index in [-0.39, 0.29) is 5.91 Å². The van der Waals surface area contributed by atoms with Gasteiger partial charge in [0.15, 0.2) is 0 Å². The summed E-state index contributed by atoms with van der Waals surface area (Å²) >= 11 is 0. The lowest BCUT2D eigenvalue weighted by Crippen LogP contribution is -2.39. The Kier molecular flexibility index (Phi) is 8.82. The van der Waals surface area contributed by atoms with E-state index >= 15 is 0 Å². The van der Waals surface area contributed by atoms with Crippen molar-refractivity contribution < 1.29 is 9.53 Å². The van der Waals surface area contributed by atoms with Crippen LogP contribution in [0.1, 0.15) is 25.7 Å². The van der Waals surface area contributed by atoms with Crippen molar-refractivity contribution >= 4 is 5.91 Å². The molecule has 1 unspecified atom stereocenters. The van der Waals surface area contributed by atoms with Crippen LogP contribution in [-0.4, -0.2) is 76.2 Å². The maximum atomic E-state index is 12.4. The van der Waals surface area contributed by atoms with Crippen LogP contribution in [0.15, 0.2) is 0 Å². The molecule has 1 saturated heterocycles. The number of nitrogens with one attached hydrogen (secondary N) is 1. The van der Waals surface area contributed by atoms with Crippen molar-refractivity contribution in [1.29, 1.82) is 0 Å². The summed E-state index contributed by atoms with van der Waals surface area (Å²) in [6.07, 6.45) is 4.06. The topological polar surface area (TPSA) is 44.8 Å². The van der Waals surface area contributed by atoms with Gasteiger partial charge in [-0.15, -0.1) is 0 Å². The third-order valence-corrected chi connectivity index (χ3v) is 3.81.